The van der Waals surface area contributed by atoms with Crippen LogP contribution in [0.1, 0.15) is 0 Å². The van der Waals surface area contributed by atoms with Gasteiger partial charge in [-0.25, -0.2) is 0 Å². The van der Waals surface area contributed by atoms with Crippen molar-refractivity contribution in [2.75, 3.05) is 18.1 Å². The minimum absolute atomic E-state index is 0.400. The van der Waals surface area contributed by atoms with E-state index in [0.717, 1.165) is 10.2 Å². The van der Waals surface area contributed by atoms with Gasteiger partial charge in [0.25, 0.3) is 0 Å². The second kappa shape index (κ2) is 7.58. The van der Waals surface area contributed by atoms with E-state index in [1.54, 1.807) is 0 Å². The molecule has 17 heavy (non-hydrogen) atoms. The molecule has 0 saturated heterocycles. The molecule has 0 aromatic heterocycles. The van der Waals surface area contributed by atoms with Crippen molar-refractivity contribution in [1.82, 2.24) is 0 Å². The van der Waals surface area contributed by atoms with Gasteiger partial charge in [0.05, 0.1) is 6.61 Å². The molecule has 0 aliphatic rings. The van der Waals surface area contributed by atoms with Crippen molar-refractivity contribution in [3.8, 4) is 5.75 Å². The number of carboxylic acid groups (broad SMARTS) is 1. The quantitative estimate of drug-likeness (QED) is 0.752. The summed E-state index contributed by atoms with van der Waals surface area (Å²) in [6, 6.07) is 6.78. The lowest BCUT2D eigenvalue weighted by Crippen LogP contribution is -2.32. The predicted molar refractivity (Wildman–Crippen MR) is 72.6 cm³/mol. The van der Waals surface area contributed by atoms with E-state index < -0.39 is 12.0 Å². The highest BCUT2D eigenvalue weighted by atomic mass is 79.9. The van der Waals surface area contributed by atoms with Crippen LogP contribution in [0, 0.1) is 0 Å². The second-order valence-electron chi connectivity index (χ2n) is 3.33. The number of rotatable bonds is 7. The van der Waals surface area contributed by atoms with E-state index in [-0.39, 0.29) is 0 Å². The molecular weight excluding hydrogens is 306 g/mol. The summed E-state index contributed by atoms with van der Waals surface area (Å²) in [6.45, 7) is 0.535. The topological polar surface area (TPSA) is 72.5 Å². The zero-order chi connectivity index (χ0) is 12.7. The van der Waals surface area contributed by atoms with E-state index in [9.17, 15) is 4.79 Å². The second-order valence-corrected chi connectivity index (χ2v) is 5.39. The molecule has 94 valence electrons. The van der Waals surface area contributed by atoms with Gasteiger partial charge in [0.15, 0.2) is 0 Å². The molecule has 6 heteroatoms. The lowest BCUT2D eigenvalue weighted by Gasteiger charge is -2.08. The molecule has 1 rings (SSSR count). The molecule has 0 bridgehead atoms. The Morgan fingerprint density at radius 2 is 2.35 bits per heavy atom. The average Bonchev–Trinajstić information content (AvgIpc) is 2.28. The summed E-state index contributed by atoms with van der Waals surface area (Å²) in [5.41, 5.74) is 5.36. The van der Waals surface area contributed by atoms with Gasteiger partial charge in [-0.3, -0.25) is 4.79 Å². The van der Waals surface area contributed by atoms with Gasteiger partial charge < -0.3 is 15.6 Å². The van der Waals surface area contributed by atoms with E-state index in [1.807, 2.05) is 24.3 Å². The van der Waals surface area contributed by atoms with Gasteiger partial charge in [0.1, 0.15) is 11.8 Å². The van der Waals surface area contributed by atoms with Gasteiger partial charge in [-0.05, 0) is 18.2 Å². The molecule has 0 spiro atoms. The van der Waals surface area contributed by atoms with Crippen LogP contribution in [0.15, 0.2) is 28.7 Å². The highest BCUT2D eigenvalue weighted by Gasteiger charge is 2.10. The zero-order valence-corrected chi connectivity index (χ0v) is 11.5. The van der Waals surface area contributed by atoms with Gasteiger partial charge in [0.2, 0.25) is 0 Å². The maximum Gasteiger partial charge on any atom is 0.321 e. The Morgan fingerprint density at radius 3 is 3.00 bits per heavy atom. The first-order valence-electron chi connectivity index (χ1n) is 5.04. The fraction of sp³-hybridized carbons (Fsp3) is 0.364. The first-order valence-corrected chi connectivity index (χ1v) is 6.99. The highest BCUT2D eigenvalue weighted by molar-refractivity contribution is 9.10. The summed E-state index contributed by atoms with van der Waals surface area (Å²) in [5, 5.41) is 8.57. The molecule has 0 aliphatic carbocycles. The van der Waals surface area contributed by atoms with Crippen LogP contribution in [0.4, 0.5) is 0 Å². The minimum atomic E-state index is -0.967. The maximum atomic E-state index is 10.4. The first-order chi connectivity index (χ1) is 8.09. The fourth-order valence-corrected chi connectivity index (χ4v) is 2.20. The summed E-state index contributed by atoms with van der Waals surface area (Å²) in [4.78, 5) is 10.4. The van der Waals surface area contributed by atoms with Crippen LogP contribution < -0.4 is 10.5 Å². The Labute approximate surface area is 113 Å². The van der Waals surface area contributed by atoms with Crippen LogP contribution in [0.2, 0.25) is 0 Å². The largest absolute Gasteiger partial charge is 0.493 e. The smallest absolute Gasteiger partial charge is 0.321 e. The fourth-order valence-electron chi connectivity index (χ4n) is 1.06. The monoisotopic (exact) mass is 319 g/mol. The van der Waals surface area contributed by atoms with Crippen molar-refractivity contribution >= 4 is 33.7 Å². The summed E-state index contributed by atoms with van der Waals surface area (Å²) in [6.07, 6.45) is 0. The van der Waals surface area contributed by atoms with Gasteiger partial charge in [-0.2, -0.15) is 11.8 Å². The van der Waals surface area contributed by atoms with E-state index in [2.05, 4.69) is 15.9 Å². The number of thioether (sulfide) groups is 1. The van der Waals surface area contributed by atoms with Crippen LogP contribution in [0.3, 0.4) is 0 Å². The molecule has 0 heterocycles. The third-order valence-electron chi connectivity index (χ3n) is 1.91. The molecule has 3 N–H and O–H groups in total. The summed E-state index contributed by atoms with van der Waals surface area (Å²) >= 11 is 4.82. The lowest BCUT2D eigenvalue weighted by atomic mass is 10.3. The first kappa shape index (κ1) is 14.3. The molecule has 0 aliphatic heterocycles. The molecule has 0 amide bonds. The molecule has 1 aromatic carbocycles. The van der Waals surface area contributed by atoms with Gasteiger partial charge >= 0.3 is 5.97 Å². The number of hydrogen-bond acceptors (Lipinski definition) is 4. The van der Waals surface area contributed by atoms with Crippen LogP contribution in [0.25, 0.3) is 0 Å². The number of carbonyl (C=O) groups is 1. The lowest BCUT2D eigenvalue weighted by molar-refractivity contribution is -0.137. The normalized spacial score (nSPS) is 12.1. The maximum absolute atomic E-state index is 10.4. The van der Waals surface area contributed by atoms with Crippen molar-refractivity contribution in [1.29, 1.82) is 0 Å². The molecule has 0 unspecified atom stereocenters. The van der Waals surface area contributed by atoms with Crippen molar-refractivity contribution in [3.63, 3.8) is 0 Å². The summed E-state index contributed by atoms with van der Waals surface area (Å²) in [7, 11) is 0. The van der Waals surface area contributed by atoms with E-state index >= 15 is 0 Å². The van der Waals surface area contributed by atoms with Crippen LogP contribution >= 0.6 is 27.7 Å². The number of hydrogen-bond donors (Lipinski definition) is 2. The summed E-state index contributed by atoms with van der Waals surface area (Å²) in [5.74, 6) is 0.943. The average molecular weight is 320 g/mol. The summed E-state index contributed by atoms with van der Waals surface area (Å²) < 4.78 is 6.46. The molecular formula is C11H14BrNO3S. The molecule has 4 nitrogen and oxygen atoms in total. The third-order valence-corrected chi connectivity index (χ3v) is 3.45. The van der Waals surface area contributed by atoms with E-state index in [4.69, 9.17) is 15.6 Å². The minimum Gasteiger partial charge on any atom is -0.493 e. The van der Waals surface area contributed by atoms with Crippen LogP contribution in [0.5, 0.6) is 5.75 Å². The highest BCUT2D eigenvalue weighted by Crippen LogP contribution is 2.17. The molecule has 0 radical (unpaired) electrons. The molecule has 1 atom stereocenters. The standard InChI is InChI=1S/C11H14BrNO3S/c12-8-2-1-3-9(6-8)16-4-5-17-7-10(13)11(14)15/h1-3,6,10H,4-5,7,13H2,(H,14,15)/t10-/m1/s1. The van der Waals surface area contributed by atoms with Gasteiger partial charge in [-0.15, -0.1) is 0 Å². The van der Waals surface area contributed by atoms with Crippen LogP contribution in [-0.4, -0.2) is 35.2 Å². The Morgan fingerprint density at radius 1 is 1.59 bits per heavy atom. The van der Waals surface area contributed by atoms with Gasteiger partial charge in [0, 0.05) is 16.0 Å². The Kier molecular flexibility index (Phi) is 6.39. The van der Waals surface area contributed by atoms with E-state index in [0.29, 0.717) is 18.1 Å². The van der Waals surface area contributed by atoms with Crippen LogP contribution in [-0.2, 0) is 4.79 Å². The van der Waals surface area contributed by atoms with Gasteiger partial charge in [-0.1, -0.05) is 22.0 Å². The Hall–Kier alpha value is -0.720. The molecule has 0 fully saturated rings. The number of carboxylic acids is 1. The Balaban J connectivity index is 2.14. The van der Waals surface area contributed by atoms with Crippen molar-refractivity contribution in [2.24, 2.45) is 5.73 Å². The SMILES string of the molecule is N[C@H](CSCCOc1cccc(Br)c1)C(=O)O. The van der Waals surface area contributed by atoms with Crippen molar-refractivity contribution < 1.29 is 14.6 Å². The number of benzene rings is 1. The number of nitrogens with two attached hydrogens (primary N) is 1. The Bertz CT molecular complexity index is 375. The predicted octanol–water partition coefficient (Wildman–Crippen LogP) is 1.97. The molecule has 1 aromatic rings. The van der Waals surface area contributed by atoms with E-state index in [1.165, 1.54) is 11.8 Å². The van der Waals surface area contributed by atoms with Crippen molar-refractivity contribution in [3.05, 3.63) is 28.7 Å². The molecule has 0 saturated carbocycles. The zero-order valence-electron chi connectivity index (χ0n) is 9.14. The number of ether oxygens (including phenoxy) is 1. The number of halogens is 1. The third kappa shape index (κ3) is 5.95. The number of aliphatic carboxylic acids is 1. The van der Waals surface area contributed by atoms with Crippen molar-refractivity contribution in [2.45, 2.75) is 6.04 Å².